The van der Waals surface area contributed by atoms with E-state index in [1.807, 2.05) is 32.0 Å². The van der Waals surface area contributed by atoms with Crippen molar-refractivity contribution in [1.29, 1.82) is 0 Å². The van der Waals surface area contributed by atoms with Crippen molar-refractivity contribution < 1.29 is 17.9 Å². The van der Waals surface area contributed by atoms with Crippen molar-refractivity contribution in [3.8, 4) is 5.75 Å². The lowest BCUT2D eigenvalue weighted by Gasteiger charge is -2.12. The molecule has 0 unspecified atom stereocenters. The Labute approximate surface area is 119 Å². The average molecular weight is 297 g/mol. The molecule has 0 aromatic heterocycles. The van der Waals surface area contributed by atoms with Gasteiger partial charge in [0.05, 0.1) is 11.5 Å². The zero-order valence-corrected chi connectivity index (χ0v) is 12.5. The number of carbonyl (C=O) groups is 1. The van der Waals surface area contributed by atoms with E-state index in [4.69, 9.17) is 4.74 Å². The molecule has 110 valence electrons. The molecule has 1 aromatic rings. The highest BCUT2D eigenvalue weighted by molar-refractivity contribution is 7.91. The summed E-state index contributed by atoms with van der Waals surface area (Å²) < 4.78 is 28.0. The van der Waals surface area contributed by atoms with E-state index < -0.39 is 9.84 Å². The van der Waals surface area contributed by atoms with Crippen molar-refractivity contribution in [3.63, 3.8) is 0 Å². The zero-order valence-electron chi connectivity index (χ0n) is 11.7. The van der Waals surface area contributed by atoms with Crippen LogP contribution in [-0.2, 0) is 14.6 Å². The molecular formula is C14H19NO4S. The fourth-order valence-corrected chi connectivity index (χ4v) is 3.80. The van der Waals surface area contributed by atoms with Crippen LogP contribution in [0.3, 0.4) is 0 Å². The number of aryl methyl sites for hydroxylation is 2. The molecule has 1 aromatic carbocycles. The van der Waals surface area contributed by atoms with Crippen molar-refractivity contribution in [1.82, 2.24) is 5.32 Å². The number of benzene rings is 1. The monoisotopic (exact) mass is 297 g/mol. The number of hydrogen-bond donors (Lipinski definition) is 1. The largest absolute Gasteiger partial charge is 0.484 e. The zero-order chi connectivity index (χ0) is 14.8. The van der Waals surface area contributed by atoms with Crippen LogP contribution in [0.4, 0.5) is 0 Å². The summed E-state index contributed by atoms with van der Waals surface area (Å²) in [5.41, 5.74) is 2.27. The maximum absolute atomic E-state index is 11.7. The SMILES string of the molecule is Cc1ccc(OCC(=O)N[C@H]2CCS(=O)(=O)C2)cc1C. The lowest BCUT2D eigenvalue weighted by Crippen LogP contribution is -2.38. The highest BCUT2D eigenvalue weighted by atomic mass is 32.2. The van der Waals surface area contributed by atoms with Crippen LogP contribution in [0.2, 0.25) is 0 Å². The van der Waals surface area contributed by atoms with Crippen LogP contribution in [0.5, 0.6) is 5.75 Å². The van der Waals surface area contributed by atoms with Crippen LogP contribution in [0, 0.1) is 13.8 Å². The van der Waals surface area contributed by atoms with E-state index in [9.17, 15) is 13.2 Å². The molecule has 5 nitrogen and oxygen atoms in total. The average Bonchev–Trinajstić information content (AvgIpc) is 2.70. The molecule has 6 heteroatoms. The number of sulfone groups is 1. The Hall–Kier alpha value is -1.56. The van der Waals surface area contributed by atoms with Crippen molar-refractivity contribution in [2.24, 2.45) is 0 Å². The van der Waals surface area contributed by atoms with E-state index in [1.54, 1.807) is 0 Å². The molecule has 0 saturated carbocycles. The number of hydrogen-bond acceptors (Lipinski definition) is 4. The molecule has 1 fully saturated rings. The number of carbonyl (C=O) groups excluding carboxylic acids is 1. The Morgan fingerprint density at radius 3 is 2.70 bits per heavy atom. The van der Waals surface area contributed by atoms with Crippen molar-refractivity contribution in [3.05, 3.63) is 29.3 Å². The first-order chi connectivity index (χ1) is 9.35. The molecule has 1 saturated heterocycles. The van der Waals surface area contributed by atoms with Crippen molar-refractivity contribution in [2.45, 2.75) is 26.3 Å². The first-order valence-corrected chi connectivity index (χ1v) is 8.38. The van der Waals surface area contributed by atoms with Gasteiger partial charge in [0.25, 0.3) is 5.91 Å². The van der Waals surface area contributed by atoms with Gasteiger partial charge in [0.15, 0.2) is 16.4 Å². The van der Waals surface area contributed by atoms with Crippen LogP contribution in [-0.4, -0.2) is 38.5 Å². The first-order valence-electron chi connectivity index (χ1n) is 6.55. The maximum atomic E-state index is 11.7. The highest BCUT2D eigenvalue weighted by Gasteiger charge is 2.28. The molecule has 1 atom stereocenters. The van der Waals surface area contributed by atoms with E-state index >= 15 is 0 Å². The standard InChI is InChI=1S/C14H19NO4S/c1-10-3-4-13(7-11(10)2)19-8-14(16)15-12-5-6-20(17,18)9-12/h3-4,7,12H,5-6,8-9H2,1-2H3,(H,15,16)/t12-/m0/s1. The second-order valence-corrected chi connectivity index (χ2v) is 7.43. The predicted octanol–water partition coefficient (Wildman–Crippen LogP) is 0.986. The van der Waals surface area contributed by atoms with Gasteiger partial charge in [-0.15, -0.1) is 0 Å². The maximum Gasteiger partial charge on any atom is 0.258 e. The Morgan fingerprint density at radius 1 is 1.35 bits per heavy atom. The molecule has 2 rings (SSSR count). The van der Waals surface area contributed by atoms with Gasteiger partial charge in [0.2, 0.25) is 0 Å². The lowest BCUT2D eigenvalue weighted by molar-refractivity contribution is -0.123. The molecular weight excluding hydrogens is 278 g/mol. The second-order valence-electron chi connectivity index (χ2n) is 5.20. The number of ether oxygens (including phenoxy) is 1. The summed E-state index contributed by atoms with van der Waals surface area (Å²) in [6.45, 7) is 3.89. The molecule has 20 heavy (non-hydrogen) atoms. The van der Waals surface area contributed by atoms with Crippen LogP contribution in [0.1, 0.15) is 17.5 Å². The summed E-state index contributed by atoms with van der Waals surface area (Å²) in [6, 6.07) is 5.35. The normalized spacial score (nSPS) is 20.6. The third-order valence-electron chi connectivity index (χ3n) is 3.45. The van der Waals surface area contributed by atoms with Gasteiger partial charge >= 0.3 is 0 Å². The smallest absolute Gasteiger partial charge is 0.258 e. The van der Waals surface area contributed by atoms with Gasteiger partial charge in [-0.3, -0.25) is 4.79 Å². The quantitative estimate of drug-likeness (QED) is 0.899. The molecule has 1 aliphatic rings. The first kappa shape index (κ1) is 14.8. The van der Waals surface area contributed by atoms with Crippen LogP contribution < -0.4 is 10.1 Å². The molecule has 0 aliphatic carbocycles. The van der Waals surface area contributed by atoms with E-state index in [0.29, 0.717) is 12.2 Å². The molecule has 1 amide bonds. The van der Waals surface area contributed by atoms with Gasteiger partial charge in [0, 0.05) is 6.04 Å². The van der Waals surface area contributed by atoms with Gasteiger partial charge < -0.3 is 10.1 Å². The van der Waals surface area contributed by atoms with Gasteiger partial charge in [0.1, 0.15) is 5.75 Å². The fourth-order valence-electron chi connectivity index (χ4n) is 2.13. The molecule has 1 heterocycles. The molecule has 0 radical (unpaired) electrons. The Balaban J connectivity index is 1.82. The summed E-state index contributed by atoms with van der Waals surface area (Å²) in [5, 5.41) is 2.69. The molecule has 1 N–H and O–H groups in total. The predicted molar refractivity (Wildman–Crippen MR) is 76.6 cm³/mol. The highest BCUT2D eigenvalue weighted by Crippen LogP contribution is 2.16. The van der Waals surface area contributed by atoms with Gasteiger partial charge in [-0.25, -0.2) is 8.42 Å². The van der Waals surface area contributed by atoms with Crippen molar-refractivity contribution >= 4 is 15.7 Å². The minimum absolute atomic E-state index is 0.0301. The van der Waals surface area contributed by atoms with Gasteiger partial charge in [-0.2, -0.15) is 0 Å². The molecule has 1 aliphatic heterocycles. The van der Waals surface area contributed by atoms with E-state index in [2.05, 4.69) is 5.32 Å². The van der Waals surface area contributed by atoms with E-state index in [1.165, 1.54) is 0 Å². The van der Waals surface area contributed by atoms with Crippen molar-refractivity contribution in [2.75, 3.05) is 18.1 Å². The Kier molecular flexibility index (Phi) is 4.32. The van der Waals surface area contributed by atoms with Gasteiger partial charge in [-0.1, -0.05) is 6.07 Å². The number of nitrogens with one attached hydrogen (secondary N) is 1. The Bertz CT molecular complexity index is 610. The fraction of sp³-hybridized carbons (Fsp3) is 0.500. The third kappa shape index (κ3) is 3.96. The van der Waals surface area contributed by atoms with Gasteiger partial charge in [-0.05, 0) is 43.5 Å². The number of amides is 1. The minimum Gasteiger partial charge on any atom is -0.484 e. The second kappa shape index (κ2) is 5.83. The summed E-state index contributed by atoms with van der Waals surface area (Å²) in [7, 11) is -2.97. The van der Waals surface area contributed by atoms with Crippen LogP contribution >= 0.6 is 0 Å². The molecule has 0 spiro atoms. The van der Waals surface area contributed by atoms with Crippen LogP contribution in [0.15, 0.2) is 18.2 Å². The van der Waals surface area contributed by atoms with Crippen LogP contribution in [0.25, 0.3) is 0 Å². The summed E-state index contributed by atoms with van der Waals surface area (Å²) in [5.74, 6) is 0.533. The Morgan fingerprint density at radius 2 is 2.10 bits per heavy atom. The summed E-state index contributed by atoms with van der Waals surface area (Å²) >= 11 is 0. The third-order valence-corrected chi connectivity index (χ3v) is 5.21. The van der Waals surface area contributed by atoms with E-state index in [-0.39, 0.29) is 30.1 Å². The molecule has 0 bridgehead atoms. The summed E-state index contributed by atoms with van der Waals surface area (Å²) in [6.07, 6.45) is 0.484. The van der Waals surface area contributed by atoms with E-state index in [0.717, 1.165) is 11.1 Å². The number of rotatable bonds is 4. The minimum atomic E-state index is -2.97. The summed E-state index contributed by atoms with van der Waals surface area (Å²) in [4.78, 5) is 11.7. The lowest BCUT2D eigenvalue weighted by atomic mass is 10.1. The topological polar surface area (TPSA) is 72.5 Å².